The SMILES string of the molecule is CC(C)CC1(C(=O)Nc2cc(Cl)c(Cl)cc2SC(=O)C(C)(C)C)CCCCC1. The summed E-state index contributed by atoms with van der Waals surface area (Å²) in [6.07, 6.45) is 6.01. The zero-order valence-electron chi connectivity index (χ0n) is 17.5. The average molecular weight is 444 g/mol. The lowest BCUT2D eigenvalue weighted by Gasteiger charge is -2.37. The van der Waals surface area contributed by atoms with Gasteiger partial charge in [-0.05, 0) is 49.1 Å². The second-order valence-electron chi connectivity index (χ2n) is 9.30. The summed E-state index contributed by atoms with van der Waals surface area (Å²) < 4.78 is 0. The van der Waals surface area contributed by atoms with Crippen LogP contribution >= 0.6 is 35.0 Å². The average Bonchev–Trinajstić information content (AvgIpc) is 2.58. The van der Waals surface area contributed by atoms with Crippen LogP contribution in [0.4, 0.5) is 5.69 Å². The molecule has 0 aliphatic heterocycles. The number of carbonyl (C=O) groups is 2. The molecule has 2 rings (SSSR count). The molecule has 0 saturated heterocycles. The molecule has 1 aromatic rings. The molecule has 156 valence electrons. The molecule has 0 bridgehead atoms. The Morgan fingerprint density at radius 1 is 1.11 bits per heavy atom. The Morgan fingerprint density at radius 2 is 1.68 bits per heavy atom. The normalized spacial score (nSPS) is 16.9. The van der Waals surface area contributed by atoms with Crippen LogP contribution in [0.25, 0.3) is 0 Å². The first kappa shape index (κ1) is 23.6. The number of rotatable bonds is 5. The van der Waals surface area contributed by atoms with E-state index in [2.05, 4.69) is 19.2 Å². The van der Waals surface area contributed by atoms with Crippen LogP contribution in [0.1, 0.15) is 73.1 Å². The fraction of sp³-hybridized carbons (Fsp3) is 0.636. The van der Waals surface area contributed by atoms with E-state index in [0.29, 0.717) is 26.5 Å². The number of hydrogen-bond donors (Lipinski definition) is 1. The van der Waals surface area contributed by atoms with E-state index in [-0.39, 0.29) is 16.4 Å². The maximum atomic E-state index is 13.4. The third kappa shape index (κ3) is 5.90. The summed E-state index contributed by atoms with van der Waals surface area (Å²) in [6, 6.07) is 3.33. The van der Waals surface area contributed by atoms with E-state index >= 15 is 0 Å². The van der Waals surface area contributed by atoms with Crippen molar-refractivity contribution in [1.82, 2.24) is 0 Å². The van der Waals surface area contributed by atoms with Gasteiger partial charge in [0.15, 0.2) is 5.12 Å². The van der Waals surface area contributed by atoms with Gasteiger partial charge in [0, 0.05) is 15.7 Å². The molecular weight excluding hydrogens is 413 g/mol. The number of carbonyl (C=O) groups excluding carboxylic acids is 2. The summed E-state index contributed by atoms with van der Waals surface area (Å²) in [7, 11) is 0. The first-order valence-electron chi connectivity index (χ1n) is 9.97. The van der Waals surface area contributed by atoms with E-state index in [1.807, 2.05) is 20.8 Å². The fourth-order valence-electron chi connectivity index (χ4n) is 3.75. The first-order valence-corrected chi connectivity index (χ1v) is 11.5. The lowest BCUT2D eigenvalue weighted by atomic mass is 9.68. The van der Waals surface area contributed by atoms with Crippen molar-refractivity contribution in [1.29, 1.82) is 0 Å². The third-order valence-electron chi connectivity index (χ3n) is 5.18. The van der Waals surface area contributed by atoms with Gasteiger partial charge in [0.05, 0.1) is 15.7 Å². The minimum absolute atomic E-state index is 0.0101. The number of benzene rings is 1. The number of hydrogen-bond acceptors (Lipinski definition) is 3. The predicted octanol–water partition coefficient (Wildman–Crippen LogP) is 7.59. The Bertz CT molecular complexity index is 735. The molecular formula is C22H31Cl2NO2S. The standard InChI is InChI=1S/C22H31Cl2NO2S/c1-14(2)13-22(9-7-6-8-10-22)19(26)25-17-11-15(23)16(24)12-18(17)28-20(27)21(3,4)5/h11-12,14H,6-10,13H2,1-5H3,(H,25,26). The Labute approximate surface area is 183 Å². The molecule has 28 heavy (non-hydrogen) atoms. The van der Waals surface area contributed by atoms with Crippen LogP contribution in [0.15, 0.2) is 17.0 Å². The number of nitrogens with one attached hydrogen (secondary N) is 1. The van der Waals surface area contributed by atoms with Crippen molar-refractivity contribution in [2.75, 3.05) is 5.32 Å². The van der Waals surface area contributed by atoms with Gasteiger partial charge in [0.2, 0.25) is 5.91 Å². The van der Waals surface area contributed by atoms with Crippen LogP contribution in [-0.4, -0.2) is 11.0 Å². The zero-order valence-corrected chi connectivity index (χ0v) is 19.8. The van der Waals surface area contributed by atoms with Crippen molar-refractivity contribution in [2.45, 2.75) is 78.0 Å². The topological polar surface area (TPSA) is 46.2 Å². The largest absolute Gasteiger partial charge is 0.325 e. The molecule has 1 N–H and O–H groups in total. The highest BCUT2D eigenvalue weighted by Gasteiger charge is 2.40. The molecule has 0 aromatic heterocycles. The minimum Gasteiger partial charge on any atom is -0.325 e. The van der Waals surface area contributed by atoms with E-state index in [4.69, 9.17) is 23.2 Å². The molecule has 1 fully saturated rings. The van der Waals surface area contributed by atoms with Crippen LogP contribution in [0.2, 0.25) is 10.0 Å². The zero-order chi connectivity index (χ0) is 21.1. The van der Waals surface area contributed by atoms with Crippen LogP contribution in [-0.2, 0) is 9.59 Å². The minimum atomic E-state index is -0.500. The van der Waals surface area contributed by atoms with E-state index < -0.39 is 5.41 Å². The van der Waals surface area contributed by atoms with Crippen molar-refractivity contribution in [2.24, 2.45) is 16.7 Å². The van der Waals surface area contributed by atoms with Crippen molar-refractivity contribution in [3.8, 4) is 0 Å². The second kappa shape index (κ2) is 9.40. The highest BCUT2D eigenvalue weighted by molar-refractivity contribution is 8.13. The molecule has 1 saturated carbocycles. The van der Waals surface area contributed by atoms with Gasteiger partial charge in [0.25, 0.3) is 0 Å². The number of halogens is 2. The summed E-state index contributed by atoms with van der Waals surface area (Å²) in [5.74, 6) is 0.471. The highest BCUT2D eigenvalue weighted by Crippen LogP contribution is 2.44. The van der Waals surface area contributed by atoms with Crippen LogP contribution < -0.4 is 5.32 Å². The quantitative estimate of drug-likeness (QED) is 0.476. The first-order chi connectivity index (χ1) is 12.9. The molecule has 3 nitrogen and oxygen atoms in total. The molecule has 1 aliphatic rings. The Balaban J connectivity index is 2.34. The Morgan fingerprint density at radius 3 is 2.21 bits per heavy atom. The molecule has 1 aliphatic carbocycles. The smallest absolute Gasteiger partial charge is 0.230 e. The summed E-state index contributed by atoms with van der Waals surface area (Å²) in [5.41, 5.74) is -0.287. The molecule has 0 unspecified atom stereocenters. The number of thioether (sulfide) groups is 1. The molecule has 1 amide bonds. The number of amides is 1. The predicted molar refractivity (Wildman–Crippen MR) is 120 cm³/mol. The molecule has 0 radical (unpaired) electrons. The van der Waals surface area contributed by atoms with E-state index in [0.717, 1.165) is 43.9 Å². The molecule has 0 heterocycles. The van der Waals surface area contributed by atoms with E-state index in [1.165, 1.54) is 6.42 Å². The van der Waals surface area contributed by atoms with Crippen molar-refractivity contribution >= 4 is 51.7 Å². The maximum absolute atomic E-state index is 13.4. The summed E-state index contributed by atoms with van der Waals surface area (Å²) in [6.45, 7) is 9.94. The maximum Gasteiger partial charge on any atom is 0.230 e. The monoisotopic (exact) mass is 443 g/mol. The molecule has 0 atom stereocenters. The van der Waals surface area contributed by atoms with Crippen LogP contribution in [0.5, 0.6) is 0 Å². The van der Waals surface area contributed by atoms with Gasteiger partial charge < -0.3 is 5.32 Å². The number of anilines is 1. The lowest BCUT2D eigenvalue weighted by Crippen LogP contribution is -2.39. The van der Waals surface area contributed by atoms with Gasteiger partial charge in [-0.3, -0.25) is 9.59 Å². The summed E-state index contributed by atoms with van der Waals surface area (Å²) in [4.78, 5) is 26.6. The fourth-order valence-corrected chi connectivity index (χ4v) is 5.05. The van der Waals surface area contributed by atoms with E-state index in [1.54, 1.807) is 12.1 Å². The van der Waals surface area contributed by atoms with Crippen molar-refractivity contribution in [3.63, 3.8) is 0 Å². The lowest BCUT2D eigenvalue weighted by molar-refractivity contribution is -0.128. The van der Waals surface area contributed by atoms with Crippen molar-refractivity contribution < 1.29 is 9.59 Å². The van der Waals surface area contributed by atoms with Crippen LogP contribution in [0.3, 0.4) is 0 Å². The van der Waals surface area contributed by atoms with Crippen LogP contribution in [0, 0.1) is 16.7 Å². The summed E-state index contributed by atoms with van der Waals surface area (Å²) >= 11 is 13.5. The van der Waals surface area contributed by atoms with Gasteiger partial charge >= 0.3 is 0 Å². The molecule has 6 heteroatoms. The van der Waals surface area contributed by atoms with Gasteiger partial charge in [-0.15, -0.1) is 0 Å². The Kier molecular flexibility index (Phi) is 7.91. The molecule has 1 aromatic carbocycles. The third-order valence-corrected chi connectivity index (χ3v) is 7.25. The van der Waals surface area contributed by atoms with Gasteiger partial charge in [-0.2, -0.15) is 0 Å². The van der Waals surface area contributed by atoms with E-state index in [9.17, 15) is 9.59 Å². The second-order valence-corrected chi connectivity index (χ2v) is 11.1. The molecule has 0 spiro atoms. The van der Waals surface area contributed by atoms with Gasteiger partial charge in [-0.25, -0.2) is 0 Å². The van der Waals surface area contributed by atoms with Gasteiger partial charge in [-0.1, -0.05) is 77.1 Å². The van der Waals surface area contributed by atoms with Crippen molar-refractivity contribution in [3.05, 3.63) is 22.2 Å². The van der Waals surface area contributed by atoms with Gasteiger partial charge in [0.1, 0.15) is 0 Å². The highest BCUT2D eigenvalue weighted by atomic mass is 35.5. The Hall–Kier alpha value is -0.710. The summed E-state index contributed by atoms with van der Waals surface area (Å²) in [5, 5.41) is 3.85.